The molecule has 3 aromatic carbocycles. The van der Waals surface area contributed by atoms with Gasteiger partial charge in [0.15, 0.2) is 0 Å². The van der Waals surface area contributed by atoms with Crippen LogP contribution in [0.2, 0.25) is 0 Å². The van der Waals surface area contributed by atoms with Crippen LogP contribution in [0.5, 0.6) is 5.75 Å². The molecular weight excluding hydrogens is 608 g/mol. The maximum Gasteiger partial charge on any atom is 0.410 e. The van der Waals surface area contributed by atoms with E-state index in [1.165, 1.54) is 4.90 Å². The molecule has 0 spiro atoms. The van der Waals surface area contributed by atoms with Gasteiger partial charge in [-0.2, -0.15) is 0 Å². The number of carbonyl (C=O) groups excluding carboxylic acids is 1. The molecule has 2 amide bonds. The molecule has 8 rings (SSSR count). The van der Waals surface area contributed by atoms with Crippen molar-refractivity contribution in [3.8, 4) is 28.1 Å². The van der Waals surface area contributed by atoms with Crippen molar-refractivity contribution in [1.29, 1.82) is 0 Å². The molecule has 5 aromatic rings. The third kappa shape index (κ3) is 5.21. The Bertz CT molecular complexity index is 2090. The summed E-state index contributed by atoms with van der Waals surface area (Å²) in [4.78, 5) is 44.7. The molecule has 248 valence electrons. The van der Waals surface area contributed by atoms with E-state index in [9.17, 15) is 14.7 Å². The van der Waals surface area contributed by atoms with Gasteiger partial charge in [0.1, 0.15) is 29.6 Å². The van der Waals surface area contributed by atoms with Gasteiger partial charge in [-0.05, 0) is 91.8 Å². The van der Waals surface area contributed by atoms with Crippen LogP contribution in [0.1, 0.15) is 76.8 Å². The molecule has 3 aliphatic rings. The summed E-state index contributed by atoms with van der Waals surface area (Å²) in [6, 6.07) is 14.2. The number of carbonyl (C=O) groups is 2. The summed E-state index contributed by atoms with van der Waals surface area (Å²) in [6.07, 6.45) is 2.12. The van der Waals surface area contributed by atoms with Crippen LogP contribution < -0.4 is 4.74 Å². The van der Waals surface area contributed by atoms with Crippen LogP contribution >= 0.6 is 0 Å². The molecule has 2 fully saturated rings. The predicted octanol–water partition coefficient (Wildman–Crippen LogP) is 8.04. The van der Waals surface area contributed by atoms with Gasteiger partial charge in [-0.25, -0.2) is 19.6 Å². The van der Waals surface area contributed by atoms with E-state index in [-0.39, 0.29) is 24.1 Å². The van der Waals surface area contributed by atoms with Gasteiger partial charge in [0.05, 0.1) is 35.0 Å². The summed E-state index contributed by atoms with van der Waals surface area (Å²) < 4.78 is 12.1. The van der Waals surface area contributed by atoms with E-state index in [2.05, 4.69) is 65.2 Å². The molecule has 0 saturated carbocycles. The Kier molecular flexibility index (Phi) is 6.94. The molecule has 2 unspecified atom stereocenters. The van der Waals surface area contributed by atoms with Crippen LogP contribution in [0, 0.1) is 11.8 Å². The van der Waals surface area contributed by atoms with Gasteiger partial charge in [0.25, 0.3) is 0 Å². The SMILES string of the molecule is CC1C[C@@H](c2ncc(-c3ccc4c(c3)COc3cc5c(ccc6nc([C@@H]7CC(C)CN7C(=O)OC(C)(C)C)[nH]c65)cc3-4)[nH]2)N(C(=O)O)C1. The van der Waals surface area contributed by atoms with E-state index in [0.29, 0.717) is 31.4 Å². The van der Waals surface area contributed by atoms with E-state index in [1.807, 2.05) is 26.8 Å². The van der Waals surface area contributed by atoms with Crippen LogP contribution in [0.15, 0.2) is 48.7 Å². The highest BCUT2D eigenvalue weighted by Gasteiger charge is 2.39. The highest BCUT2D eigenvalue weighted by atomic mass is 16.6. The molecule has 48 heavy (non-hydrogen) atoms. The number of hydrogen-bond donors (Lipinski definition) is 3. The lowest BCUT2D eigenvalue weighted by molar-refractivity contribution is 0.0214. The fraction of sp³-hybridized carbons (Fsp3) is 0.405. The van der Waals surface area contributed by atoms with Crippen molar-refractivity contribution in [2.24, 2.45) is 11.8 Å². The Morgan fingerprint density at radius 2 is 1.69 bits per heavy atom. The van der Waals surface area contributed by atoms with Crippen LogP contribution in [0.25, 0.3) is 44.2 Å². The first kappa shape index (κ1) is 30.3. The highest BCUT2D eigenvalue weighted by Crippen LogP contribution is 2.44. The maximum absolute atomic E-state index is 13.1. The predicted molar refractivity (Wildman–Crippen MR) is 182 cm³/mol. The molecule has 3 aliphatic heterocycles. The number of rotatable bonds is 3. The summed E-state index contributed by atoms with van der Waals surface area (Å²) in [5, 5.41) is 11.8. The Labute approximate surface area is 278 Å². The monoisotopic (exact) mass is 648 g/mol. The lowest BCUT2D eigenvalue weighted by Gasteiger charge is -2.27. The summed E-state index contributed by atoms with van der Waals surface area (Å²) in [5.74, 6) is 2.88. The third-order valence-electron chi connectivity index (χ3n) is 9.80. The number of aromatic amines is 2. The summed E-state index contributed by atoms with van der Waals surface area (Å²) in [6.45, 7) is 11.4. The van der Waals surface area contributed by atoms with E-state index in [1.54, 1.807) is 11.1 Å². The molecule has 0 radical (unpaired) electrons. The Hall–Kier alpha value is -5.06. The number of aromatic nitrogens is 4. The molecule has 11 nitrogen and oxygen atoms in total. The lowest BCUT2D eigenvalue weighted by Crippen LogP contribution is -2.37. The van der Waals surface area contributed by atoms with Gasteiger partial charge < -0.3 is 24.5 Å². The smallest absolute Gasteiger partial charge is 0.410 e. The minimum Gasteiger partial charge on any atom is -0.488 e. The minimum atomic E-state index is -0.915. The highest BCUT2D eigenvalue weighted by molar-refractivity contribution is 6.07. The minimum absolute atomic E-state index is 0.184. The zero-order valence-corrected chi connectivity index (χ0v) is 27.8. The van der Waals surface area contributed by atoms with Crippen LogP contribution in [0.3, 0.4) is 0 Å². The topological polar surface area (TPSA) is 137 Å². The number of fused-ring (bicyclic) bond motifs is 6. The fourth-order valence-corrected chi connectivity index (χ4v) is 7.63. The van der Waals surface area contributed by atoms with Crippen molar-refractivity contribution in [2.75, 3.05) is 13.1 Å². The number of H-pyrrole nitrogens is 2. The second-order valence-corrected chi connectivity index (χ2v) is 14.8. The third-order valence-corrected chi connectivity index (χ3v) is 9.80. The molecule has 2 aromatic heterocycles. The number of carboxylic acid groups (broad SMARTS) is 1. The number of ether oxygens (including phenoxy) is 2. The van der Waals surface area contributed by atoms with Gasteiger partial charge in [-0.15, -0.1) is 0 Å². The van der Waals surface area contributed by atoms with Gasteiger partial charge in [0.2, 0.25) is 0 Å². The van der Waals surface area contributed by atoms with Crippen LogP contribution in [-0.4, -0.2) is 65.7 Å². The van der Waals surface area contributed by atoms with E-state index in [0.717, 1.165) is 74.2 Å². The molecule has 5 heterocycles. The molecule has 4 atom stereocenters. The molecular formula is C37H40N6O5. The number of nitrogens with one attached hydrogen (secondary N) is 2. The largest absolute Gasteiger partial charge is 0.488 e. The molecule has 0 aliphatic carbocycles. The number of imidazole rings is 2. The second kappa shape index (κ2) is 11.0. The Balaban J connectivity index is 1.09. The van der Waals surface area contributed by atoms with Crippen molar-refractivity contribution in [3.05, 3.63) is 65.9 Å². The van der Waals surface area contributed by atoms with Crippen LogP contribution in [-0.2, 0) is 11.3 Å². The molecule has 3 N–H and O–H groups in total. The van der Waals surface area contributed by atoms with Gasteiger partial charge in [0, 0.05) is 24.0 Å². The van der Waals surface area contributed by atoms with Gasteiger partial charge in [-0.1, -0.05) is 32.0 Å². The first-order valence-electron chi connectivity index (χ1n) is 16.7. The van der Waals surface area contributed by atoms with Gasteiger partial charge in [-0.3, -0.25) is 9.80 Å². The number of nitrogens with zero attached hydrogens (tertiary/aromatic N) is 4. The lowest BCUT2D eigenvalue weighted by atomic mass is 9.92. The van der Waals surface area contributed by atoms with E-state index in [4.69, 9.17) is 14.5 Å². The zero-order chi connectivity index (χ0) is 33.5. The first-order valence-corrected chi connectivity index (χ1v) is 16.7. The number of hydrogen-bond acceptors (Lipinski definition) is 6. The maximum atomic E-state index is 13.1. The standard InChI is InChI=1S/C37H40N6O5/c1-19-10-29(42(16-19)35(44)45)33-38-15-28(40-33)22-6-8-24-23(12-22)18-47-31-14-25-21(13-26(24)31)7-9-27-32(25)41-34(39-27)30-11-20(2)17-43(30)36(46)48-37(3,4)5/h6-9,12-15,19-20,29-30H,10-11,16-18H2,1-5H3,(H,38,40)(H,39,41)(H,44,45)/t19?,20?,29-,30-/m0/s1. The number of likely N-dealkylation sites (tertiary alicyclic amines) is 2. The molecule has 11 heteroatoms. The number of amides is 2. The average molecular weight is 649 g/mol. The summed E-state index contributed by atoms with van der Waals surface area (Å²) >= 11 is 0. The number of benzene rings is 3. The van der Waals surface area contributed by atoms with Gasteiger partial charge >= 0.3 is 12.2 Å². The van der Waals surface area contributed by atoms with Crippen molar-refractivity contribution in [3.63, 3.8) is 0 Å². The zero-order valence-electron chi connectivity index (χ0n) is 27.8. The molecule has 0 bridgehead atoms. The van der Waals surface area contributed by atoms with Crippen LogP contribution in [0.4, 0.5) is 9.59 Å². The second-order valence-electron chi connectivity index (χ2n) is 14.8. The quantitative estimate of drug-likeness (QED) is 0.180. The first-order chi connectivity index (χ1) is 22.9. The van der Waals surface area contributed by atoms with Crippen molar-refractivity contribution >= 4 is 34.0 Å². The summed E-state index contributed by atoms with van der Waals surface area (Å²) in [5.41, 5.74) is 6.23. The fourth-order valence-electron chi connectivity index (χ4n) is 7.63. The summed E-state index contributed by atoms with van der Waals surface area (Å²) in [7, 11) is 0. The van der Waals surface area contributed by atoms with Crippen molar-refractivity contribution in [2.45, 2.75) is 71.8 Å². The normalized spacial score (nSPS) is 22.2. The Morgan fingerprint density at radius 3 is 2.44 bits per heavy atom. The van der Waals surface area contributed by atoms with E-state index >= 15 is 0 Å². The van der Waals surface area contributed by atoms with Crippen molar-refractivity contribution < 1.29 is 24.2 Å². The molecule has 2 saturated heterocycles. The van der Waals surface area contributed by atoms with Crippen molar-refractivity contribution in [1.82, 2.24) is 29.7 Å². The van der Waals surface area contributed by atoms with E-state index < -0.39 is 11.7 Å². The Morgan fingerprint density at radius 1 is 0.938 bits per heavy atom. The average Bonchev–Trinajstić information content (AvgIpc) is 3.84.